The van der Waals surface area contributed by atoms with Gasteiger partial charge < -0.3 is 10.2 Å². The van der Waals surface area contributed by atoms with E-state index in [-0.39, 0.29) is 0 Å². The van der Waals surface area contributed by atoms with Crippen LogP contribution in [0.1, 0.15) is 26.2 Å². The van der Waals surface area contributed by atoms with Gasteiger partial charge in [-0.05, 0) is 40.4 Å². The highest BCUT2D eigenvalue weighted by atomic mass is 15.1. The van der Waals surface area contributed by atoms with Gasteiger partial charge in [0.05, 0.1) is 0 Å². The van der Waals surface area contributed by atoms with Gasteiger partial charge in [-0.1, -0.05) is 6.42 Å². The Morgan fingerprint density at radius 3 is 2.55 bits per heavy atom. The van der Waals surface area contributed by atoms with Crippen molar-refractivity contribution in [1.29, 1.82) is 0 Å². The predicted octanol–water partition coefficient (Wildman–Crippen LogP) is 1.08. The van der Waals surface area contributed by atoms with Crippen LogP contribution < -0.4 is 5.32 Å². The van der Waals surface area contributed by atoms with Crippen molar-refractivity contribution in [2.75, 3.05) is 27.2 Å². The highest BCUT2D eigenvalue weighted by Gasteiger charge is 2.26. The van der Waals surface area contributed by atoms with Gasteiger partial charge in [0.2, 0.25) is 0 Å². The fourth-order valence-corrected chi connectivity index (χ4v) is 1.95. The summed E-state index contributed by atoms with van der Waals surface area (Å²) < 4.78 is 0. The Labute approximate surface area is 70.0 Å². The van der Waals surface area contributed by atoms with E-state index < -0.39 is 0 Å². The lowest BCUT2D eigenvalue weighted by Gasteiger charge is -2.37. The topological polar surface area (TPSA) is 15.3 Å². The molecule has 1 rings (SSSR count). The third-order valence-corrected chi connectivity index (χ3v) is 2.37. The first kappa shape index (κ1) is 9.01. The summed E-state index contributed by atoms with van der Waals surface area (Å²) in [5, 5.41) is 3.59. The second-order valence-corrected chi connectivity index (χ2v) is 4.18. The molecule has 2 nitrogen and oxygen atoms in total. The van der Waals surface area contributed by atoms with Crippen LogP contribution in [0.15, 0.2) is 0 Å². The second-order valence-electron chi connectivity index (χ2n) is 4.18. The van der Waals surface area contributed by atoms with Gasteiger partial charge in [-0.25, -0.2) is 0 Å². The van der Waals surface area contributed by atoms with Crippen LogP contribution in [0.4, 0.5) is 0 Å². The van der Waals surface area contributed by atoms with Gasteiger partial charge in [0.1, 0.15) is 0 Å². The number of nitrogens with zero attached hydrogens (tertiary/aromatic N) is 1. The Hall–Kier alpha value is -0.0800. The summed E-state index contributed by atoms with van der Waals surface area (Å²) in [6.45, 7) is 4.68. The lowest BCUT2D eigenvalue weighted by Crippen LogP contribution is -2.52. The van der Waals surface area contributed by atoms with E-state index in [4.69, 9.17) is 0 Å². The molecule has 0 aromatic heterocycles. The van der Waals surface area contributed by atoms with Crippen LogP contribution in [0.2, 0.25) is 0 Å². The van der Waals surface area contributed by atoms with Gasteiger partial charge in [-0.3, -0.25) is 0 Å². The summed E-state index contributed by atoms with van der Waals surface area (Å²) in [4.78, 5) is 2.26. The number of nitrogens with one attached hydrogen (secondary N) is 1. The molecule has 0 bridgehead atoms. The molecule has 66 valence electrons. The number of likely N-dealkylation sites (N-methyl/N-ethyl adjacent to an activating group) is 1. The standard InChI is InChI=1S/C9H20N2/c1-9(8-11(2)3)6-4-5-7-10-9/h10H,4-8H2,1-3H3. The van der Waals surface area contributed by atoms with E-state index in [1.54, 1.807) is 0 Å². The molecular formula is C9H20N2. The molecule has 0 saturated carbocycles. The number of hydrogen-bond acceptors (Lipinski definition) is 2. The Morgan fingerprint density at radius 1 is 1.36 bits per heavy atom. The second kappa shape index (κ2) is 3.55. The molecule has 1 heterocycles. The van der Waals surface area contributed by atoms with E-state index in [0.29, 0.717) is 5.54 Å². The van der Waals surface area contributed by atoms with Crippen LogP contribution in [0, 0.1) is 0 Å². The molecule has 0 aromatic rings. The van der Waals surface area contributed by atoms with Crippen LogP contribution in [-0.4, -0.2) is 37.6 Å². The minimum absolute atomic E-state index is 0.377. The van der Waals surface area contributed by atoms with E-state index in [1.807, 2.05) is 0 Å². The van der Waals surface area contributed by atoms with E-state index in [2.05, 4.69) is 31.2 Å². The van der Waals surface area contributed by atoms with Crippen molar-refractivity contribution in [3.8, 4) is 0 Å². The number of hydrogen-bond donors (Lipinski definition) is 1. The Bertz CT molecular complexity index is 115. The molecule has 11 heavy (non-hydrogen) atoms. The van der Waals surface area contributed by atoms with E-state index >= 15 is 0 Å². The van der Waals surface area contributed by atoms with Crippen molar-refractivity contribution in [1.82, 2.24) is 10.2 Å². The molecule has 1 unspecified atom stereocenters. The third kappa shape index (κ3) is 2.80. The van der Waals surface area contributed by atoms with Crippen molar-refractivity contribution in [3.05, 3.63) is 0 Å². The maximum Gasteiger partial charge on any atom is 0.0280 e. The summed E-state index contributed by atoms with van der Waals surface area (Å²) in [6.07, 6.45) is 4.06. The molecule has 1 atom stereocenters. The van der Waals surface area contributed by atoms with Crippen LogP contribution in [0.3, 0.4) is 0 Å². The maximum absolute atomic E-state index is 3.59. The van der Waals surface area contributed by atoms with E-state index in [1.165, 1.54) is 25.8 Å². The lowest BCUT2D eigenvalue weighted by molar-refractivity contribution is 0.208. The SMILES string of the molecule is CN(C)CC1(C)CCCCN1. The minimum Gasteiger partial charge on any atom is -0.310 e. The Morgan fingerprint density at radius 2 is 2.09 bits per heavy atom. The van der Waals surface area contributed by atoms with Crippen LogP contribution >= 0.6 is 0 Å². The van der Waals surface area contributed by atoms with Gasteiger partial charge >= 0.3 is 0 Å². The molecule has 1 aliphatic heterocycles. The monoisotopic (exact) mass is 156 g/mol. The Balaban J connectivity index is 2.37. The van der Waals surface area contributed by atoms with Crippen LogP contribution in [0.5, 0.6) is 0 Å². The minimum atomic E-state index is 0.377. The number of rotatable bonds is 2. The summed E-state index contributed by atoms with van der Waals surface area (Å²) >= 11 is 0. The molecule has 0 amide bonds. The lowest BCUT2D eigenvalue weighted by atomic mass is 9.91. The molecule has 0 radical (unpaired) electrons. The zero-order valence-corrected chi connectivity index (χ0v) is 7.98. The van der Waals surface area contributed by atoms with Crippen molar-refractivity contribution in [2.45, 2.75) is 31.7 Å². The third-order valence-electron chi connectivity index (χ3n) is 2.37. The molecule has 2 heteroatoms. The molecule has 1 saturated heterocycles. The van der Waals surface area contributed by atoms with E-state index in [9.17, 15) is 0 Å². The van der Waals surface area contributed by atoms with Crippen LogP contribution in [0.25, 0.3) is 0 Å². The van der Waals surface area contributed by atoms with Gasteiger partial charge in [0.15, 0.2) is 0 Å². The average Bonchev–Trinajstić information content (AvgIpc) is 1.85. The fourth-order valence-electron chi connectivity index (χ4n) is 1.95. The van der Waals surface area contributed by atoms with Gasteiger partial charge in [0, 0.05) is 12.1 Å². The summed E-state index contributed by atoms with van der Waals surface area (Å²) in [5.41, 5.74) is 0.377. The first-order valence-electron chi connectivity index (χ1n) is 4.52. The quantitative estimate of drug-likeness (QED) is 0.643. The zero-order chi connectivity index (χ0) is 8.32. The largest absolute Gasteiger partial charge is 0.310 e. The Kier molecular flexibility index (Phi) is 2.90. The van der Waals surface area contributed by atoms with Crippen molar-refractivity contribution in [3.63, 3.8) is 0 Å². The van der Waals surface area contributed by atoms with Gasteiger partial charge in [0.25, 0.3) is 0 Å². The molecule has 1 aliphatic rings. The smallest absolute Gasteiger partial charge is 0.0280 e. The molecule has 0 aromatic carbocycles. The zero-order valence-electron chi connectivity index (χ0n) is 7.98. The summed E-state index contributed by atoms with van der Waals surface area (Å²) in [7, 11) is 4.28. The fraction of sp³-hybridized carbons (Fsp3) is 1.00. The average molecular weight is 156 g/mol. The highest BCUT2D eigenvalue weighted by Crippen LogP contribution is 2.18. The van der Waals surface area contributed by atoms with Crippen molar-refractivity contribution in [2.24, 2.45) is 0 Å². The summed E-state index contributed by atoms with van der Waals surface area (Å²) in [5.74, 6) is 0. The first-order valence-corrected chi connectivity index (χ1v) is 4.52. The van der Waals surface area contributed by atoms with Crippen LogP contribution in [-0.2, 0) is 0 Å². The maximum atomic E-state index is 3.59. The van der Waals surface area contributed by atoms with E-state index in [0.717, 1.165) is 6.54 Å². The molecule has 0 spiro atoms. The highest BCUT2D eigenvalue weighted by molar-refractivity contribution is 4.88. The number of piperidine rings is 1. The molecule has 0 aliphatic carbocycles. The normalized spacial score (nSPS) is 32.7. The van der Waals surface area contributed by atoms with Gasteiger partial charge in [-0.15, -0.1) is 0 Å². The van der Waals surface area contributed by atoms with Crippen molar-refractivity contribution < 1.29 is 0 Å². The predicted molar refractivity (Wildman–Crippen MR) is 48.8 cm³/mol. The summed E-state index contributed by atoms with van der Waals surface area (Å²) in [6, 6.07) is 0. The van der Waals surface area contributed by atoms with Crippen molar-refractivity contribution >= 4 is 0 Å². The molecule has 1 N–H and O–H groups in total. The molecular weight excluding hydrogens is 136 g/mol. The van der Waals surface area contributed by atoms with Gasteiger partial charge in [-0.2, -0.15) is 0 Å². The molecule has 1 fully saturated rings. The first-order chi connectivity index (χ1) is 5.12.